The third-order valence-corrected chi connectivity index (χ3v) is 3.14. The lowest BCUT2D eigenvalue weighted by Gasteiger charge is -2.20. The third kappa shape index (κ3) is 2.01. The molecule has 2 atom stereocenters. The van der Waals surface area contributed by atoms with Crippen molar-refractivity contribution >= 4 is 11.9 Å². The normalized spacial score (nSPS) is 24.8. The summed E-state index contributed by atoms with van der Waals surface area (Å²) in [6.45, 7) is 0. The van der Waals surface area contributed by atoms with Gasteiger partial charge in [-0.2, -0.15) is 0 Å². The molecule has 0 aliphatic heterocycles. The van der Waals surface area contributed by atoms with Gasteiger partial charge in [0.25, 0.3) is 0 Å². The van der Waals surface area contributed by atoms with Crippen molar-refractivity contribution < 1.29 is 19.1 Å². The summed E-state index contributed by atoms with van der Waals surface area (Å²) in [6.07, 6.45) is 10.8. The average molecular weight is 246 g/mol. The van der Waals surface area contributed by atoms with Crippen molar-refractivity contribution in [1.82, 2.24) is 0 Å². The van der Waals surface area contributed by atoms with Gasteiger partial charge in [0.15, 0.2) is 0 Å². The van der Waals surface area contributed by atoms with E-state index in [1.54, 1.807) is 24.3 Å². The Hall–Kier alpha value is -2.10. The van der Waals surface area contributed by atoms with E-state index in [-0.39, 0.29) is 23.8 Å². The van der Waals surface area contributed by atoms with Crippen molar-refractivity contribution in [3.8, 4) is 0 Å². The lowest BCUT2D eigenvalue weighted by molar-refractivity contribution is -0.138. The van der Waals surface area contributed by atoms with E-state index >= 15 is 0 Å². The van der Waals surface area contributed by atoms with E-state index in [1.165, 1.54) is 14.2 Å². The van der Waals surface area contributed by atoms with Crippen LogP contribution < -0.4 is 0 Å². The van der Waals surface area contributed by atoms with Gasteiger partial charge in [-0.25, -0.2) is 9.59 Å². The first kappa shape index (κ1) is 12.4. The van der Waals surface area contributed by atoms with Gasteiger partial charge in [0.2, 0.25) is 0 Å². The molecule has 0 saturated carbocycles. The van der Waals surface area contributed by atoms with Gasteiger partial charge in [0.1, 0.15) is 0 Å². The molecule has 0 heterocycles. The first-order valence-electron chi connectivity index (χ1n) is 5.62. The standard InChI is InChI=1S/C14H14O4/c1-17-13(15)11-7-3-5-9(11)10-6-4-8-12(10)14(16)18-2/h3-10H,1-2H3. The second kappa shape index (κ2) is 5.04. The Morgan fingerprint density at radius 1 is 0.889 bits per heavy atom. The minimum Gasteiger partial charge on any atom is -0.466 e. The molecule has 2 aliphatic carbocycles. The Balaban J connectivity index is 2.22. The van der Waals surface area contributed by atoms with Gasteiger partial charge in [-0.3, -0.25) is 0 Å². The zero-order valence-corrected chi connectivity index (χ0v) is 10.3. The highest BCUT2D eigenvalue weighted by Gasteiger charge is 2.34. The Labute approximate surface area is 105 Å². The molecular weight excluding hydrogens is 232 g/mol. The fourth-order valence-corrected chi connectivity index (χ4v) is 2.26. The molecule has 0 amide bonds. The van der Waals surface area contributed by atoms with E-state index < -0.39 is 0 Å². The Bertz CT molecular complexity index is 448. The molecule has 0 aromatic rings. The zero-order valence-electron chi connectivity index (χ0n) is 10.3. The number of methoxy groups -OCH3 is 2. The molecule has 4 nitrogen and oxygen atoms in total. The molecule has 18 heavy (non-hydrogen) atoms. The molecule has 0 fully saturated rings. The Kier molecular flexibility index (Phi) is 3.46. The minimum atomic E-state index is -0.366. The van der Waals surface area contributed by atoms with Crippen LogP contribution in [0.4, 0.5) is 0 Å². The molecule has 0 spiro atoms. The van der Waals surface area contributed by atoms with E-state index in [1.807, 2.05) is 12.2 Å². The van der Waals surface area contributed by atoms with Gasteiger partial charge in [0, 0.05) is 23.0 Å². The molecule has 2 unspecified atom stereocenters. The maximum atomic E-state index is 11.6. The molecule has 94 valence electrons. The van der Waals surface area contributed by atoms with Crippen molar-refractivity contribution in [2.45, 2.75) is 0 Å². The van der Waals surface area contributed by atoms with Crippen LogP contribution in [0.25, 0.3) is 0 Å². The summed E-state index contributed by atoms with van der Waals surface area (Å²) in [5.74, 6) is -1.06. The zero-order chi connectivity index (χ0) is 13.1. The maximum Gasteiger partial charge on any atom is 0.334 e. The predicted octanol–water partition coefficient (Wildman–Crippen LogP) is 1.56. The summed E-state index contributed by atoms with van der Waals surface area (Å²) >= 11 is 0. The molecular formula is C14H14O4. The molecule has 4 heteroatoms. The lowest BCUT2D eigenvalue weighted by atomic mass is 9.84. The van der Waals surface area contributed by atoms with Crippen molar-refractivity contribution in [2.24, 2.45) is 11.8 Å². The molecule has 0 radical (unpaired) electrons. The fraction of sp³-hybridized carbons (Fsp3) is 0.286. The number of carbonyl (C=O) groups is 2. The number of esters is 2. The van der Waals surface area contributed by atoms with Crippen LogP contribution in [-0.2, 0) is 19.1 Å². The van der Waals surface area contributed by atoms with Crippen LogP contribution in [0.3, 0.4) is 0 Å². The highest BCUT2D eigenvalue weighted by atomic mass is 16.5. The first-order valence-corrected chi connectivity index (χ1v) is 5.62. The van der Waals surface area contributed by atoms with Crippen molar-refractivity contribution in [1.29, 1.82) is 0 Å². The van der Waals surface area contributed by atoms with Gasteiger partial charge >= 0.3 is 11.9 Å². The number of carbonyl (C=O) groups excluding carboxylic acids is 2. The van der Waals surface area contributed by atoms with Crippen LogP contribution >= 0.6 is 0 Å². The van der Waals surface area contributed by atoms with Gasteiger partial charge < -0.3 is 9.47 Å². The summed E-state index contributed by atoms with van der Waals surface area (Å²) in [6, 6.07) is 0. The van der Waals surface area contributed by atoms with Crippen LogP contribution in [0.15, 0.2) is 47.6 Å². The molecule has 0 N–H and O–H groups in total. The predicted molar refractivity (Wildman–Crippen MR) is 65.5 cm³/mol. The summed E-state index contributed by atoms with van der Waals surface area (Å²) in [5, 5.41) is 0. The third-order valence-electron chi connectivity index (χ3n) is 3.14. The van der Waals surface area contributed by atoms with Crippen LogP contribution in [0.1, 0.15) is 0 Å². The number of ether oxygens (including phenoxy) is 2. The largest absolute Gasteiger partial charge is 0.466 e. The van der Waals surface area contributed by atoms with Crippen molar-refractivity contribution in [3.63, 3.8) is 0 Å². The fourth-order valence-electron chi connectivity index (χ4n) is 2.26. The molecule has 0 aromatic carbocycles. The van der Waals surface area contributed by atoms with E-state index in [4.69, 9.17) is 9.47 Å². The summed E-state index contributed by atoms with van der Waals surface area (Å²) < 4.78 is 9.48. The van der Waals surface area contributed by atoms with Gasteiger partial charge in [-0.15, -0.1) is 0 Å². The van der Waals surface area contributed by atoms with Crippen molar-refractivity contribution in [2.75, 3.05) is 14.2 Å². The molecule has 0 saturated heterocycles. The lowest BCUT2D eigenvalue weighted by Crippen LogP contribution is -2.22. The second-order valence-electron chi connectivity index (χ2n) is 4.05. The topological polar surface area (TPSA) is 52.6 Å². The molecule has 2 rings (SSSR count). The SMILES string of the molecule is COC(=O)C1=CC=CC1C1C=CC=C1C(=O)OC. The van der Waals surface area contributed by atoms with Gasteiger partial charge in [-0.1, -0.05) is 36.5 Å². The summed E-state index contributed by atoms with van der Waals surface area (Å²) in [4.78, 5) is 23.3. The van der Waals surface area contributed by atoms with Gasteiger partial charge in [0.05, 0.1) is 14.2 Å². The second-order valence-corrected chi connectivity index (χ2v) is 4.05. The van der Waals surface area contributed by atoms with Crippen molar-refractivity contribution in [3.05, 3.63) is 47.6 Å². The van der Waals surface area contributed by atoms with Crippen LogP contribution in [-0.4, -0.2) is 26.2 Å². The maximum absolute atomic E-state index is 11.6. The minimum absolute atomic E-state index is 0.165. The van der Waals surface area contributed by atoms with Crippen LogP contribution in [0.5, 0.6) is 0 Å². The first-order chi connectivity index (χ1) is 8.69. The van der Waals surface area contributed by atoms with E-state index in [0.29, 0.717) is 11.1 Å². The number of allylic oxidation sites excluding steroid dienone is 6. The van der Waals surface area contributed by atoms with Crippen LogP contribution in [0.2, 0.25) is 0 Å². The number of hydrogen-bond acceptors (Lipinski definition) is 4. The van der Waals surface area contributed by atoms with E-state index in [9.17, 15) is 9.59 Å². The Morgan fingerprint density at radius 2 is 1.28 bits per heavy atom. The molecule has 0 bridgehead atoms. The number of hydrogen-bond donors (Lipinski definition) is 0. The molecule has 2 aliphatic rings. The number of rotatable bonds is 3. The highest BCUT2D eigenvalue weighted by Crippen LogP contribution is 2.36. The van der Waals surface area contributed by atoms with Gasteiger partial charge in [-0.05, 0) is 0 Å². The Morgan fingerprint density at radius 3 is 1.61 bits per heavy atom. The molecule has 0 aromatic heterocycles. The summed E-state index contributed by atoms with van der Waals surface area (Å²) in [5.41, 5.74) is 1.12. The highest BCUT2D eigenvalue weighted by molar-refractivity contribution is 5.94. The van der Waals surface area contributed by atoms with E-state index in [2.05, 4.69) is 0 Å². The van der Waals surface area contributed by atoms with Crippen LogP contribution in [0, 0.1) is 11.8 Å². The smallest absolute Gasteiger partial charge is 0.334 e. The quantitative estimate of drug-likeness (QED) is 0.709. The van der Waals surface area contributed by atoms with E-state index in [0.717, 1.165) is 0 Å². The average Bonchev–Trinajstić information content (AvgIpc) is 3.04. The summed E-state index contributed by atoms with van der Waals surface area (Å²) in [7, 11) is 2.69. The monoisotopic (exact) mass is 246 g/mol.